The number of hydrogen-bond acceptors (Lipinski definition) is 5. The van der Waals surface area contributed by atoms with Gasteiger partial charge in [0.15, 0.2) is 0 Å². The molecule has 0 spiro atoms. The first-order chi connectivity index (χ1) is 21.4. The number of carbonyl (C=O) groups excluding carboxylic acids is 2. The molecule has 1 saturated carbocycles. The molecule has 1 aliphatic rings. The number of carboxylic acid groups (broad SMARTS) is 1. The third-order valence-electron chi connectivity index (χ3n) is 7.84. The Kier molecular flexibility index (Phi) is 10.1. The predicted octanol–water partition coefficient (Wildman–Crippen LogP) is 7.51. The van der Waals surface area contributed by atoms with Gasteiger partial charge in [-0.25, -0.2) is 4.79 Å². The van der Waals surface area contributed by atoms with Gasteiger partial charge in [-0.05, 0) is 97.0 Å². The van der Waals surface area contributed by atoms with E-state index in [0.29, 0.717) is 17.9 Å². The molecule has 0 aliphatic heterocycles. The number of ether oxygens (including phenoxy) is 2. The van der Waals surface area contributed by atoms with Crippen molar-refractivity contribution in [2.75, 3.05) is 5.32 Å². The second kappa shape index (κ2) is 14.6. The molecule has 0 atom stereocenters. The number of carbonyl (C=O) groups is 3. The number of benzene rings is 4. The maximum Gasteiger partial charge on any atom is 0.337 e. The topological polar surface area (TPSA) is 114 Å². The van der Waals surface area contributed by atoms with Gasteiger partial charge < -0.3 is 25.2 Å². The fourth-order valence-corrected chi connectivity index (χ4v) is 5.46. The van der Waals surface area contributed by atoms with Crippen molar-refractivity contribution in [1.82, 2.24) is 5.32 Å². The molecule has 5 rings (SSSR count). The molecule has 3 N–H and O–H groups in total. The molecule has 0 saturated heterocycles. The number of rotatable bonds is 12. The smallest absolute Gasteiger partial charge is 0.337 e. The zero-order chi connectivity index (χ0) is 30.9. The molecule has 228 valence electrons. The van der Waals surface area contributed by atoms with Crippen LogP contribution in [0.15, 0.2) is 84.9 Å². The molecule has 0 bridgehead atoms. The highest BCUT2D eigenvalue weighted by Crippen LogP contribution is 2.30. The van der Waals surface area contributed by atoms with Gasteiger partial charge in [0, 0.05) is 12.5 Å². The highest BCUT2D eigenvalue weighted by atomic mass is 16.5. The molecule has 1 aliphatic carbocycles. The van der Waals surface area contributed by atoms with Crippen molar-refractivity contribution in [1.29, 1.82) is 0 Å². The van der Waals surface area contributed by atoms with Crippen LogP contribution >= 0.6 is 0 Å². The van der Waals surface area contributed by atoms with Crippen LogP contribution in [0.1, 0.15) is 67.8 Å². The lowest BCUT2D eigenvalue weighted by Crippen LogP contribution is -2.39. The summed E-state index contributed by atoms with van der Waals surface area (Å²) < 4.78 is 12.4. The highest BCUT2D eigenvalue weighted by molar-refractivity contribution is 6.01. The van der Waals surface area contributed by atoms with Crippen LogP contribution in [0.25, 0.3) is 10.8 Å². The molecule has 0 heterocycles. The Morgan fingerprint density at radius 2 is 1.45 bits per heavy atom. The zero-order valence-electron chi connectivity index (χ0n) is 24.9. The summed E-state index contributed by atoms with van der Waals surface area (Å²) in [6.45, 7) is 2.10. The lowest BCUT2D eigenvalue weighted by atomic mass is 9.92. The van der Waals surface area contributed by atoms with E-state index in [1.807, 2.05) is 48.5 Å². The van der Waals surface area contributed by atoms with E-state index >= 15 is 0 Å². The highest BCUT2D eigenvalue weighted by Gasteiger charge is 2.23. The fraction of sp³-hybridized carbons (Fsp3) is 0.306. The largest absolute Gasteiger partial charge is 0.490 e. The van der Waals surface area contributed by atoms with Crippen LogP contribution in [-0.4, -0.2) is 35.0 Å². The first kappa shape index (κ1) is 30.6. The van der Waals surface area contributed by atoms with Gasteiger partial charge in [-0.3, -0.25) is 9.59 Å². The summed E-state index contributed by atoms with van der Waals surface area (Å²) >= 11 is 0. The van der Waals surface area contributed by atoms with Crippen molar-refractivity contribution in [2.24, 2.45) is 0 Å². The van der Waals surface area contributed by atoms with E-state index in [-0.39, 0.29) is 41.6 Å². The van der Waals surface area contributed by atoms with Crippen molar-refractivity contribution in [3.05, 3.63) is 96.1 Å². The van der Waals surface area contributed by atoms with E-state index in [9.17, 15) is 19.5 Å². The van der Waals surface area contributed by atoms with Crippen molar-refractivity contribution >= 4 is 34.2 Å². The van der Waals surface area contributed by atoms with Gasteiger partial charge in [-0.15, -0.1) is 0 Å². The molecule has 4 aromatic carbocycles. The second-order valence-corrected chi connectivity index (χ2v) is 11.3. The summed E-state index contributed by atoms with van der Waals surface area (Å²) in [5.74, 6) is 0.942. The van der Waals surface area contributed by atoms with Crippen molar-refractivity contribution in [3.8, 4) is 17.2 Å². The molecule has 1 fully saturated rings. The number of amides is 2. The van der Waals surface area contributed by atoms with Crippen LogP contribution in [0.2, 0.25) is 0 Å². The number of para-hydroxylation sites is 1. The third-order valence-corrected chi connectivity index (χ3v) is 7.84. The summed E-state index contributed by atoms with van der Waals surface area (Å²) in [5, 5.41) is 17.2. The SMILES string of the molecule is CCCCC(=O)NC1CCC(Oc2ccc3cc(Oc4ccc(CC(=O)Nc5ccccc5C(=O)O)cc4)ccc3c2)CC1. The summed E-state index contributed by atoms with van der Waals surface area (Å²) in [6, 6.07) is 25.8. The summed E-state index contributed by atoms with van der Waals surface area (Å²) in [6.07, 6.45) is 6.54. The number of nitrogens with one attached hydrogen (secondary N) is 2. The van der Waals surface area contributed by atoms with Crippen LogP contribution in [0, 0.1) is 0 Å². The average Bonchev–Trinajstić information content (AvgIpc) is 3.02. The minimum absolute atomic E-state index is 0.0480. The van der Waals surface area contributed by atoms with Gasteiger partial charge in [-0.1, -0.05) is 49.7 Å². The van der Waals surface area contributed by atoms with Crippen molar-refractivity contribution in [3.63, 3.8) is 0 Å². The van der Waals surface area contributed by atoms with Gasteiger partial charge in [-0.2, -0.15) is 0 Å². The van der Waals surface area contributed by atoms with Crippen LogP contribution in [-0.2, 0) is 16.0 Å². The number of anilines is 1. The fourth-order valence-electron chi connectivity index (χ4n) is 5.46. The normalized spacial score (nSPS) is 16.2. The molecule has 2 amide bonds. The van der Waals surface area contributed by atoms with Crippen molar-refractivity contribution < 1.29 is 29.0 Å². The Bertz CT molecular complexity index is 1610. The lowest BCUT2D eigenvalue weighted by molar-refractivity contribution is -0.122. The van der Waals surface area contributed by atoms with E-state index in [4.69, 9.17) is 9.47 Å². The standard InChI is InChI=1S/C36H38N2O6/c1-2-3-8-34(39)37-27-13-19-29(20-14-27)44-31-18-12-25-22-30(17-11-26(25)23-31)43-28-15-9-24(10-16-28)21-35(40)38-33-7-5-4-6-32(33)36(41)42/h4-7,9-12,15-18,22-23,27,29H,2-3,8,13-14,19-21H2,1H3,(H,37,39)(H,38,40)(H,41,42). The van der Waals surface area contributed by atoms with Crippen LogP contribution in [0.4, 0.5) is 5.69 Å². The molecule has 44 heavy (non-hydrogen) atoms. The minimum Gasteiger partial charge on any atom is -0.490 e. The van der Waals surface area contributed by atoms with E-state index in [0.717, 1.165) is 60.6 Å². The lowest BCUT2D eigenvalue weighted by Gasteiger charge is -2.29. The number of hydrogen-bond donors (Lipinski definition) is 3. The third kappa shape index (κ3) is 8.37. The Morgan fingerprint density at radius 1 is 0.795 bits per heavy atom. The predicted molar refractivity (Wildman–Crippen MR) is 171 cm³/mol. The van der Waals surface area contributed by atoms with Gasteiger partial charge in [0.05, 0.1) is 23.8 Å². The van der Waals surface area contributed by atoms with Gasteiger partial charge in [0.1, 0.15) is 17.2 Å². The van der Waals surface area contributed by atoms with Gasteiger partial charge in [0.25, 0.3) is 0 Å². The van der Waals surface area contributed by atoms with Crippen LogP contribution in [0.5, 0.6) is 17.2 Å². The molecule has 8 heteroatoms. The molecular formula is C36H38N2O6. The summed E-state index contributed by atoms with van der Waals surface area (Å²) in [4.78, 5) is 35.9. The maximum absolute atomic E-state index is 12.5. The van der Waals surface area contributed by atoms with E-state index in [2.05, 4.69) is 17.6 Å². The first-order valence-electron chi connectivity index (χ1n) is 15.2. The monoisotopic (exact) mass is 594 g/mol. The summed E-state index contributed by atoms with van der Waals surface area (Å²) in [5.41, 5.74) is 1.10. The number of fused-ring (bicyclic) bond motifs is 1. The summed E-state index contributed by atoms with van der Waals surface area (Å²) in [7, 11) is 0. The average molecular weight is 595 g/mol. The molecule has 4 aromatic rings. The van der Waals surface area contributed by atoms with Crippen LogP contribution < -0.4 is 20.1 Å². The van der Waals surface area contributed by atoms with E-state index < -0.39 is 5.97 Å². The molecule has 0 unspecified atom stereocenters. The molecule has 8 nitrogen and oxygen atoms in total. The molecule has 0 aromatic heterocycles. The Labute approximate surface area is 257 Å². The molecular weight excluding hydrogens is 556 g/mol. The minimum atomic E-state index is -1.09. The van der Waals surface area contributed by atoms with Gasteiger partial charge in [0.2, 0.25) is 11.8 Å². The zero-order valence-corrected chi connectivity index (χ0v) is 24.9. The number of aromatic carboxylic acids is 1. The second-order valence-electron chi connectivity index (χ2n) is 11.3. The first-order valence-corrected chi connectivity index (χ1v) is 15.2. The Morgan fingerprint density at radius 3 is 2.16 bits per heavy atom. The quantitative estimate of drug-likeness (QED) is 0.156. The Hall–Kier alpha value is -4.85. The number of carboxylic acids is 1. The van der Waals surface area contributed by atoms with Gasteiger partial charge >= 0.3 is 5.97 Å². The number of unbranched alkanes of at least 4 members (excludes halogenated alkanes) is 1. The molecule has 0 radical (unpaired) electrons. The van der Waals surface area contributed by atoms with E-state index in [1.54, 1.807) is 30.3 Å². The maximum atomic E-state index is 12.5. The van der Waals surface area contributed by atoms with Crippen LogP contribution in [0.3, 0.4) is 0 Å². The van der Waals surface area contributed by atoms with E-state index in [1.165, 1.54) is 6.07 Å². The Balaban J connectivity index is 1.12. The van der Waals surface area contributed by atoms with Crippen molar-refractivity contribution in [2.45, 2.75) is 70.4 Å².